The van der Waals surface area contributed by atoms with Crippen LogP contribution in [0.5, 0.6) is 0 Å². The second-order valence-electron chi connectivity index (χ2n) is 4.07. The predicted octanol–water partition coefficient (Wildman–Crippen LogP) is 1.13. The lowest BCUT2D eigenvalue weighted by Crippen LogP contribution is -2.42. The van der Waals surface area contributed by atoms with Gasteiger partial charge in [-0.15, -0.1) is 0 Å². The van der Waals surface area contributed by atoms with Crippen LogP contribution in [0.1, 0.15) is 6.92 Å². The average molecular weight is 311 g/mol. The SMILES string of the molecule is CSCC(C)(O)CNS(=O)(=O)c1ccnc(Cl)c1. The topological polar surface area (TPSA) is 79.3 Å². The molecule has 1 aromatic rings. The van der Waals surface area contributed by atoms with E-state index in [1.54, 1.807) is 6.92 Å². The molecule has 0 spiro atoms. The molecule has 18 heavy (non-hydrogen) atoms. The molecule has 102 valence electrons. The number of nitrogens with one attached hydrogen (secondary N) is 1. The zero-order valence-electron chi connectivity index (χ0n) is 10.1. The largest absolute Gasteiger partial charge is 0.388 e. The van der Waals surface area contributed by atoms with Crippen molar-refractivity contribution in [1.82, 2.24) is 9.71 Å². The Bertz CT molecular complexity index is 506. The number of aromatic nitrogens is 1. The van der Waals surface area contributed by atoms with Gasteiger partial charge >= 0.3 is 0 Å². The van der Waals surface area contributed by atoms with Crippen molar-refractivity contribution in [2.75, 3.05) is 18.6 Å². The van der Waals surface area contributed by atoms with Crippen molar-refractivity contribution in [3.8, 4) is 0 Å². The van der Waals surface area contributed by atoms with Crippen LogP contribution in [0.3, 0.4) is 0 Å². The second-order valence-corrected chi connectivity index (χ2v) is 7.09. The first-order chi connectivity index (χ1) is 8.27. The molecule has 5 nitrogen and oxygen atoms in total. The summed E-state index contributed by atoms with van der Waals surface area (Å²) in [5.74, 6) is 0.437. The molecule has 1 rings (SSSR count). The Kier molecular flexibility index (Phi) is 5.42. The average Bonchev–Trinajstić information content (AvgIpc) is 2.27. The molecule has 1 aromatic heterocycles. The van der Waals surface area contributed by atoms with Crippen molar-refractivity contribution < 1.29 is 13.5 Å². The Hall–Kier alpha value is -0.340. The van der Waals surface area contributed by atoms with E-state index in [2.05, 4.69) is 9.71 Å². The van der Waals surface area contributed by atoms with Gasteiger partial charge in [0.2, 0.25) is 10.0 Å². The highest BCUT2D eigenvalue weighted by atomic mass is 35.5. The number of aliphatic hydroxyl groups is 1. The lowest BCUT2D eigenvalue weighted by atomic mass is 10.1. The molecule has 0 radical (unpaired) electrons. The molecule has 1 unspecified atom stereocenters. The highest BCUT2D eigenvalue weighted by Gasteiger charge is 2.23. The standard InChI is InChI=1S/C10H15ClN2O3S2/c1-10(14,7-17-2)6-13-18(15,16)8-3-4-12-9(11)5-8/h3-5,13-14H,6-7H2,1-2H3. The fourth-order valence-electron chi connectivity index (χ4n) is 1.25. The van der Waals surface area contributed by atoms with Crippen LogP contribution in [0, 0.1) is 0 Å². The highest BCUT2D eigenvalue weighted by molar-refractivity contribution is 7.98. The number of halogens is 1. The van der Waals surface area contributed by atoms with E-state index in [1.165, 1.54) is 30.1 Å². The van der Waals surface area contributed by atoms with Gasteiger partial charge in [0.05, 0.1) is 10.5 Å². The van der Waals surface area contributed by atoms with Gasteiger partial charge in [-0.25, -0.2) is 18.1 Å². The highest BCUT2D eigenvalue weighted by Crippen LogP contribution is 2.14. The van der Waals surface area contributed by atoms with Gasteiger partial charge in [-0.3, -0.25) is 0 Å². The Labute approximate surface area is 116 Å². The van der Waals surface area contributed by atoms with Gasteiger partial charge in [0.25, 0.3) is 0 Å². The number of rotatable bonds is 6. The van der Waals surface area contributed by atoms with E-state index in [0.29, 0.717) is 5.75 Å². The van der Waals surface area contributed by atoms with Crippen molar-refractivity contribution >= 4 is 33.4 Å². The first-order valence-corrected chi connectivity index (χ1v) is 8.35. The van der Waals surface area contributed by atoms with Crippen LogP contribution >= 0.6 is 23.4 Å². The summed E-state index contributed by atoms with van der Waals surface area (Å²) in [7, 11) is -3.68. The third kappa shape index (κ3) is 4.74. The minimum atomic E-state index is -3.68. The molecule has 1 atom stereocenters. The van der Waals surface area contributed by atoms with Crippen LogP contribution in [0.15, 0.2) is 23.2 Å². The fourth-order valence-corrected chi connectivity index (χ4v) is 3.38. The van der Waals surface area contributed by atoms with E-state index in [9.17, 15) is 13.5 Å². The van der Waals surface area contributed by atoms with Crippen LogP contribution in [0.25, 0.3) is 0 Å². The number of pyridine rings is 1. The number of hydrogen-bond donors (Lipinski definition) is 2. The summed E-state index contributed by atoms with van der Waals surface area (Å²) >= 11 is 7.08. The lowest BCUT2D eigenvalue weighted by molar-refractivity contribution is 0.0908. The normalized spacial score (nSPS) is 15.3. The summed E-state index contributed by atoms with van der Waals surface area (Å²) < 4.78 is 26.2. The van der Waals surface area contributed by atoms with Crippen LogP contribution in [0.2, 0.25) is 5.15 Å². The Morgan fingerprint density at radius 2 is 2.28 bits per heavy atom. The van der Waals surface area contributed by atoms with Gasteiger partial charge in [-0.05, 0) is 25.3 Å². The molecule has 0 aliphatic carbocycles. The van der Waals surface area contributed by atoms with Gasteiger partial charge in [0.1, 0.15) is 5.15 Å². The van der Waals surface area contributed by atoms with Crippen LogP contribution in [-0.2, 0) is 10.0 Å². The maximum Gasteiger partial charge on any atom is 0.240 e. The third-order valence-electron chi connectivity index (χ3n) is 2.11. The molecule has 0 saturated carbocycles. The number of nitrogens with zero attached hydrogens (tertiary/aromatic N) is 1. The van der Waals surface area contributed by atoms with Gasteiger partial charge < -0.3 is 5.11 Å². The number of thioether (sulfide) groups is 1. The minimum absolute atomic E-state index is 0.0300. The zero-order chi connectivity index (χ0) is 13.8. The summed E-state index contributed by atoms with van der Waals surface area (Å²) in [4.78, 5) is 3.74. The van der Waals surface area contributed by atoms with E-state index < -0.39 is 15.6 Å². The molecular formula is C10H15ClN2O3S2. The summed E-state index contributed by atoms with van der Waals surface area (Å²) in [5.41, 5.74) is -1.09. The smallest absolute Gasteiger partial charge is 0.240 e. The van der Waals surface area contributed by atoms with Crippen molar-refractivity contribution in [2.24, 2.45) is 0 Å². The molecule has 0 aliphatic heterocycles. The molecule has 0 aliphatic rings. The summed E-state index contributed by atoms with van der Waals surface area (Å²) in [6.07, 6.45) is 3.16. The van der Waals surface area contributed by atoms with E-state index in [4.69, 9.17) is 11.6 Å². The molecule has 0 bridgehead atoms. The Morgan fingerprint density at radius 3 is 2.83 bits per heavy atom. The van der Waals surface area contributed by atoms with Crippen molar-refractivity contribution in [1.29, 1.82) is 0 Å². The molecule has 0 fully saturated rings. The Balaban J connectivity index is 2.78. The van der Waals surface area contributed by atoms with Crippen LogP contribution < -0.4 is 4.72 Å². The van der Waals surface area contributed by atoms with Gasteiger partial charge in [0.15, 0.2) is 0 Å². The van der Waals surface area contributed by atoms with Gasteiger partial charge in [-0.2, -0.15) is 11.8 Å². The van der Waals surface area contributed by atoms with E-state index in [1.807, 2.05) is 6.26 Å². The van der Waals surface area contributed by atoms with Crippen molar-refractivity contribution in [2.45, 2.75) is 17.4 Å². The van der Waals surface area contributed by atoms with Crippen LogP contribution in [0.4, 0.5) is 0 Å². The van der Waals surface area contributed by atoms with E-state index in [-0.39, 0.29) is 16.6 Å². The van der Waals surface area contributed by atoms with Crippen molar-refractivity contribution in [3.05, 3.63) is 23.5 Å². The number of sulfonamides is 1. The zero-order valence-corrected chi connectivity index (χ0v) is 12.4. The van der Waals surface area contributed by atoms with Gasteiger partial charge in [-0.1, -0.05) is 11.6 Å². The van der Waals surface area contributed by atoms with Crippen molar-refractivity contribution in [3.63, 3.8) is 0 Å². The first kappa shape index (κ1) is 15.7. The molecular weight excluding hydrogens is 296 g/mol. The third-order valence-corrected chi connectivity index (χ3v) is 4.62. The molecule has 8 heteroatoms. The number of hydrogen-bond acceptors (Lipinski definition) is 5. The monoisotopic (exact) mass is 310 g/mol. The molecule has 0 aromatic carbocycles. The van der Waals surface area contributed by atoms with E-state index in [0.717, 1.165) is 0 Å². The maximum atomic E-state index is 11.9. The second kappa shape index (κ2) is 6.21. The minimum Gasteiger partial charge on any atom is -0.388 e. The summed E-state index contributed by atoms with van der Waals surface area (Å²) in [5, 5.41) is 10.00. The summed E-state index contributed by atoms with van der Waals surface area (Å²) in [6.45, 7) is 1.52. The maximum absolute atomic E-state index is 11.9. The van der Waals surface area contributed by atoms with Gasteiger partial charge in [0, 0.05) is 18.5 Å². The quantitative estimate of drug-likeness (QED) is 0.770. The predicted molar refractivity (Wildman–Crippen MR) is 73.4 cm³/mol. The molecule has 0 saturated heterocycles. The first-order valence-electron chi connectivity index (χ1n) is 5.09. The lowest BCUT2D eigenvalue weighted by Gasteiger charge is -2.22. The van der Waals surface area contributed by atoms with E-state index >= 15 is 0 Å². The molecule has 1 heterocycles. The summed E-state index contributed by atoms with van der Waals surface area (Å²) in [6, 6.07) is 2.60. The molecule has 2 N–H and O–H groups in total. The Morgan fingerprint density at radius 1 is 1.61 bits per heavy atom. The van der Waals surface area contributed by atoms with Crippen LogP contribution in [-0.4, -0.2) is 42.7 Å². The molecule has 0 amide bonds. The fraction of sp³-hybridized carbons (Fsp3) is 0.500.